The minimum absolute atomic E-state index is 0.594. The molecule has 0 aliphatic carbocycles. The lowest BCUT2D eigenvalue weighted by atomic mass is 10.0. The molecular weight excluding hydrogens is 282 g/mol. The predicted octanol–water partition coefficient (Wildman–Crippen LogP) is 1.55. The van der Waals surface area contributed by atoms with Gasteiger partial charge in [0.05, 0.1) is 16.3 Å². The van der Waals surface area contributed by atoms with Crippen LogP contribution in [0, 0.1) is 0 Å². The molecule has 1 saturated heterocycles. The van der Waals surface area contributed by atoms with E-state index in [2.05, 4.69) is 45.3 Å². The number of aliphatic hydroxyl groups is 1. The zero-order valence-corrected chi connectivity index (χ0v) is 12.8. The molecule has 1 aliphatic rings. The molecule has 0 bridgehead atoms. The Kier molecular flexibility index (Phi) is 4.65. The van der Waals surface area contributed by atoms with E-state index >= 15 is 0 Å². The lowest BCUT2D eigenvalue weighted by Crippen LogP contribution is -2.42. The second-order valence-electron chi connectivity index (χ2n) is 5.65. The van der Waals surface area contributed by atoms with E-state index in [1.54, 1.807) is 11.3 Å². The Balaban J connectivity index is 1.49. The van der Waals surface area contributed by atoms with Gasteiger partial charge in [0.15, 0.2) is 0 Å². The Bertz CT molecular complexity index is 564. The van der Waals surface area contributed by atoms with Gasteiger partial charge >= 0.3 is 0 Å². The highest BCUT2D eigenvalue weighted by Crippen LogP contribution is 2.16. The van der Waals surface area contributed by atoms with Crippen molar-refractivity contribution in [1.29, 1.82) is 0 Å². The average molecular weight is 303 g/mol. The summed E-state index contributed by atoms with van der Waals surface area (Å²) in [4.78, 5) is 4.65. The molecule has 2 heterocycles. The molecule has 112 valence electrons. The van der Waals surface area contributed by atoms with Gasteiger partial charge in [-0.05, 0) is 18.5 Å². The number of aromatic nitrogens is 1. The van der Waals surface area contributed by atoms with Crippen LogP contribution >= 0.6 is 11.3 Å². The first-order valence-electron chi connectivity index (χ1n) is 7.35. The fourth-order valence-electron chi connectivity index (χ4n) is 2.59. The SMILES string of the molecule is O[C@@]1(CNCc2csc(Cc3ccccc3)n2)CCNC1. The van der Waals surface area contributed by atoms with Gasteiger partial charge in [-0.2, -0.15) is 0 Å². The number of hydrogen-bond donors (Lipinski definition) is 3. The zero-order valence-electron chi connectivity index (χ0n) is 12.0. The third-order valence-electron chi connectivity index (χ3n) is 3.78. The van der Waals surface area contributed by atoms with E-state index in [9.17, 15) is 5.11 Å². The van der Waals surface area contributed by atoms with Crippen molar-refractivity contribution < 1.29 is 5.11 Å². The Labute approximate surface area is 129 Å². The molecule has 5 heteroatoms. The summed E-state index contributed by atoms with van der Waals surface area (Å²) in [7, 11) is 0. The van der Waals surface area contributed by atoms with Gasteiger partial charge in [-0.15, -0.1) is 11.3 Å². The standard InChI is InChI=1S/C16H21N3OS/c20-16(6-7-17-11-16)12-18-9-14-10-21-15(19-14)8-13-4-2-1-3-5-13/h1-5,10,17-18,20H,6-9,11-12H2/t16-/m0/s1. The summed E-state index contributed by atoms with van der Waals surface area (Å²) >= 11 is 1.70. The normalized spacial score (nSPS) is 21.8. The van der Waals surface area contributed by atoms with Crippen LogP contribution in [0.15, 0.2) is 35.7 Å². The quantitative estimate of drug-likeness (QED) is 0.758. The third-order valence-corrected chi connectivity index (χ3v) is 4.68. The Morgan fingerprint density at radius 1 is 1.33 bits per heavy atom. The van der Waals surface area contributed by atoms with Gasteiger partial charge in [-0.3, -0.25) is 0 Å². The van der Waals surface area contributed by atoms with Gasteiger partial charge < -0.3 is 15.7 Å². The topological polar surface area (TPSA) is 57.2 Å². The molecule has 0 spiro atoms. The first-order valence-corrected chi connectivity index (χ1v) is 8.23. The second kappa shape index (κ2) is 6.66. The molecule has 4 nitrogen and oxygen atoms in total. The van der Waals surface area contributed by atoms with Gasteiger partial charge in [0.1, 0.15) is 0 Å². The van der Waals surface area contributed by atoms with Crippen molar-refractivity contribution in [2.24, 2.45) is 0 Å². The second-order valence-corrected chi connectivity index (χ2v) is 6.59. The summed E-state index contributed by atoms with van der Waals surface area (Å²) in [5.74, 6) is 0. The van der Waals surface area contributed by atoms with Crippen LogP contribution in [0.2, 0.25) is 0 Å². The summed E-state index contributed by atoms with van der Waals surface area (Å²) in [6, 6.07) is 10.4. The van der Waals surface area contributed by atoms with Gasteiger partial charge in [-0.25, -0.2) is 4.98 Å². The summed E-state index contributed by atoms with van der Waals surface area (Å²) in [5.41, 5.74) is 1.75. The summed E-state index contributed by atoms with van der Waals surface area (Å²) in [6.07, 6.45) is 1.70. The van der Waals surface area contributed by atoms with Crippen LogP contribution in [-0.4, -0.2) is 35.3 Å². The van der Waals surface area contributed by atoms with Gasteiger partial charge in [0.2, 0.25) is 0 Å². The molecule has 1 aromatic carbocycles. The maximum Gasteiger partial charge on any atom is 0.0972 e. The Morgan fingerprint density at radius 3 is 2.95 bits per heavy atom. The molecule has 1 aliphatic heterocycles. The minimum atomic E-state index is -0.594. The van der Waals surface area contributed by atoms with Gasteiger partial charge in [-0.1, -0.05) is 30.3 Å². The van der Waals surface area contributed by atoms with Crippen LogP contribution in [-0.2, 0) is 13.0 Å². The molecule has 2 aromatic rings. The molecule has 21 heavy (non-hydrogen) atoms. The molecule has 1 atom stereocenters. The molecule has 0 radical (unpaired) electrons. The van der Waals surface area contributed by atoms with E-state index in [4.69, 9.17) is 0 Å². The van der Waals surface area contributed by atoms with Crippen molar-refractivity contribution in [1.82, 2.24) is 15.6 Å². The van der Waals surface area contributed by atoms with Crippen LogP contribution in [0.1, 0.15) is 22.7 Å². The van der Waals surface area contributed by atoms with Crippen molar-refractivity contribution in [3.05, 3.63) is 52.0 Å². The molecule has 0 unspecified atom stereocenters. The Morgan fingerprint density at radius 2 is 2.19 bits per heavy atom. The lowest BCUT2D eigenvalue weighted by molar-refractivity contribution is 0.0608. The van der Waals surface area contributed by atoms with E-state index < -0.39 is 5.60 Å². The largest absolute Gasteiger partial charge is 0.387 e. The van der Waals surface area contributed by atoms with E-state index in [-0.39, 0.29) is 0 Å². The van der Waals surface area contributed by atoms with Crippen molar-refractivity contribution in [2.45, 2.75) is 25.0 Å². The maximum atomic E-state index is 10.2. The van der Waals surface area contributed by atoms with Gasteiger partial charge in [0, 0.05) is 31.4 Å². The molecular formula is C16H21N3OS. The highest BCUT2D eigenvalue weighted by Gasteiger charge is 2.30. The highest BCUT2D eigenvalue weighted by molar-refractivity contribution is 7.09. The number of β-amino-alcohol motifs (C(OH)–C–C–N with tert-alkyl or cyclic N) is 1. The fourth-order valence-corrected chi connectivity index (χ4v) is 3.41. The van der Waals surface area contributed by atoms with E-state index in [0.29, 0.717) is 19.6 Å². The number of rotatable bonds is 6. The average Bonchev–Trinajstić information content (AvgIpc) is 3.10. The first kappa shape index (κ1) is 14.7. The van der Waals surface area contributed by atoms with Crippen LogP contribution in [0.25, 0.3) is 0 Å². The minimum Gasteiger partial charge on any atom is -0.387 e. The van der Waals surface area contributed by atoms with Crippen molar-refractivity contribution >= 4 is 11.3 Å². The monoisotopic (exact) mass is 303 g/mol. The zero-order chi connectivity index (χ0) is 14.5. The first-order chi connectivity index (χ1) is 10.2. The number of benzene rings is 1. The third kappa shape index (κ3) is 4.11. The lowest BCUT2D eigenvalue weighted by Gasteiger charge is -2.21. The van der Waals surface area contributed by atoms with Crippen molar-refractivity contribution in [3.63, 3.8) is 0 Å². The Hall–Kier alpha value is -1.27. The number of nitrogens with one attached hydrogen (secondary N) is 2. The number of nitrogens with zero attached hydrogens (tertiary/aromatic N) is 1. The molecule has 3 rings (SSSR count). The molecule has 1 fully saturated rings. The maximum absolute atomic E-state index is 10.2. The van der Waals surface area contributed by atoms with Crippen LogP contribution in [0.3, 0.4) is 0 Å². The summed E-state index contributed by atoms with van der Waals surface area (Å²) in [5, 5.41) is 20.0. The van der Waals surface area contributed by atoms with Crippen LogP contribution in [0.5, 0.6) is 0 Å². The van der Waals surface area contributed by atoms with Crippen LogP contribution in [0.4, 0.5) is 0 Å². The van der Waals surface area contributed by atoms with Gasteiger partial charge in [0.25, 0.3) is 0 Å². The highest BCUT2D eigenvalue weighted by atomic mass is 32.1. The van der Waals surface area contributed by atoms with Crippen LogP contribution < -0.4 is 10.6 Å². The molecule has 3 N–H and O–H groups in total. The summed E-state index contributed by atoms with van der Waals surface area (Å²) < 4.78 is 0. The molecule has 1 aromatic heterocycles. The van der Waals surface area contributed by atoms with Crippen molar-refractivity contribution in [2.75, 3.05) is 19.6 Å². The fraction of sp³-hybridized carbons (Fsp3) is 0.438. The number of hydrogen-bond acceptors (Lipinski definition) is 5. The molecule has 0 amide bonds. The predicted molar refractivity (Wildman–Crippen MR) is 85.5 cm³/mol. The van der Waals surface area contributed by atoms with E-state index in [0.717, 1.165) is 30.1 Å². The number of thiazole rings is 1. The summed E-state index contributed by atoms with van der Waals surface area (Å²) in [6.45, 7) is 2.91. The molecule has 0 saturated carbocycles. The van der Waals surface area contributed by atoms with Crippen molar-refractivity contribution in [3.8, 4) is 0 Å². The smallest absolute Gasteiger partial charge is 0.0972 e. The van der Waals surface area contributed by atoms with E-state index in [1.165, 1.54) is 5.56 Å². The van der Waals surface area contributed by atoms with E-state index in [1.807, 2.05) is 6.07 Å².